The molecule has 3 rings (SSSR count). The summed E-state index contributed by atoms with van der Waals surface area (Å²) in [7, 11) is 1.70. The van der Waals surface area contributed by atoms with E-state index in [4.69, 9.17) is 16.3 Å². The van der Waals surface area contributed by atoms with Gasteiger partial charge in [-0.25, -0.2) is 0 Å². The van der Waals surface area contributed by atoms with Gasteiger partial charge in [0.15, 0.2) is 0 Å². The number of hydrogen-bond acceptors (Lipinski definition) is 2. The zero-order valence-electron chi connectivity index (χ0n) is 11.8. The number of rotatable bonds is 4. The molecule has 21 heavy (non-hydrogen) atoms. The third-order valence-corrected chi connectivity index (χ3v) is 3.87. The molecule has 0 unspecified atom stereocenters. The summed E-state index contributed by atoms with van der Waals surface area (Å²) in [5, 5.41) is 6.43. The first-order valence-corrected chi connectivity index (χ1v) is 7.20. The Morgan fingerprint density at radius 1 is 0.905 bits per heavy atom. The van der Waals surface area contributed by atoms with Crippen LogP contribution in [0.3, 0.4) is 0 Å². The van der Waals surface area contributed by atoms with Crippen LogP contribution < -0.4 is 10.1 Å². The number of fused-ring (bicyclic) bond motifs is 1. The number of anilines is 1. The van der Waals surface area contributed by atoms with Gasteiger partial charge in [0.25, 0.3) is 0 Å². The molecule has 0 aliphatic heterocycles. The van der Waals surface area contributed by atoms with Crippen molar-refractivity contribution in [1.82, 2.24) is 0 Å². The normalized spacial score (nSPS) is 10.6. The van der Waals surface area contributed by atoms with Crippen LogP contribution >= 0.6 is 11.6 Å². The Bertz CT molecular complexity index is 770. The van der Waals surface area contributed by atoms with E-state index >= 15 is 0 Å². The van der Waals surface area contributed by atoms with Gasteiger partial charge in [-0.3, -0.25) is 0 Å². The van der Waals surface area contributed by atoms with Gasteiger partial charge in [-0.15, -0.1) is 0 Å². The first kappa shape index (κ1) is 13.8. The van der Waals surface area contributed by atoms with Crippen molar-refractivity contribution < 1.29 is 4.74 Å². The first-order valence-electron chi connectivity index (χ1n) is 6.82. The third-order valence-electron chi connectivity index (χ3n) is 3.54. The minimum atomic E-state index is 0.717. The van der Waals surface area contributed by atoms with Crippen LogP contribution in [0.1, 0.15) is 5.56 Å². The van der Waals surface area contributed by atoms with E-state index in [1.54, 1.807) is 7.11 Å². The van der Waals surface area contributed by atoms with Crippen molar-refractivity contribution in [3.8, 4) is 5.75 Å². The molecule has 0 saturated carbocycles. The van der Waals surface area contributed by atoms with E-state index < -0.39 is 0 Å². The smallest absolute Gasteiger partial charge is 0.126 e. The lowest BCUT2D eigenvalue weighted by atomic mass is 10.0. The zero-order chi connectivity index (χ0) is 14.7. The van der Waals surface area contributed by atoms with Gasteiger partial charge in [0, 0.05) is 11.9 Å². The van der Waals surface area contributed by atoms with Crippen LogP contribution in [0.25, 0.3) is 10.8 Å². The van der Waals surface area contributed by atoms with E-state index in [1.165, 1.54) is 10.9 Å². The largest absolute Gasteiger partial charge is 0.496 e. The van der Waals surface area contributed by atoms with Crippen molar-refractivity contribution in [3.05, 3.63) is 71.2 Å². The zero-order valence-corrected chi connectivity index (χ0v) is 12.5. The average molecular weight is 298 g/mol. The molecule has 0 saturated heterocycles. The van der Waals surface area contributed by atoms with Crippen LogP contribution in [-0.2, 0) is 6.54 Å². The number of ether oxygens (including phenoxy) is 1. The van der Waals surface area contributed by atoms with E-state index in [0.29, 0.717) is 6.54 Å². The van der Waals surface area contributed by atoms with Gasteiger partial charge in [0.2, 0.25) is 0 Å². The monoisotopic (exact) mass is 297 g/mol. The first-order chi connectivity index (χ1) is 10.3. The quantitative estimate of drug-likeness (QED) is 0.722. The Hall–Kier alpha value is -2.19. The van der Waals surface area contributed by atoms with Crippen molar-refractivity contribution in [3.63, 3.8) is 0 Å². The number of halogens is 1. The third kappa shape index (κ3) is 2.81. The highest BCUT2D eigenvalue weighted by molar-refractivity contribution is 6.33. The van der Waals surface area contributed by atoms with Crippen molar-refractivity contribution in [2.75, 3.05) is 12.4 Å². The molecular weight excluding hydrogens is 282 g/mol. The fraction of sp³-hybridized carbons (Fsp3) is 0.111. The Balaban J connectivity index is 1.93. The number of hydrogen-bond donors (Lipinski definition) is 1. The SMILES string of the molecule is COc1ccc(CNc2ccccc2Cl)c2ccccc12. The summed E-state index contributed by atoms with van der Waals surface area (Å²) in [5.74, 6) is 0.895. The van der Waals surface area contributed by atoms with Gasteiger partial charge in [0.05, 0.1) is 17.8 Å². The maximum absolute atomic E-state index is 6.17. The molecule has 0 heterocycles. The predicted molar refractivity (Wildman–Crippen MR) is 89.3 cm³/mol. The second-order valence-corrected chi connectivity index (χ2v) is 5.21. The van der Waals surface area contributed by atoms with E-state index in [1.807, 2.05) is 42.5 Å². The van der Waals surface area contributed by atoms with Crippen LogP contribution in [0.5, 0.6) is 5.75 Å². The van der Waals surface area contributed by atoms with Crippen molar-refractivity contribution >= 4 is 28.1 Å². The average Bonchev–Trinajstić information content (AvgIpc) is 2.54. The molecule has 3 heteroatoms. The number of nitrogens with one attached hydrogen (secondary N) is 1. The van der Waals surface area contributed by atoms with Crippen molar-refractivity contribution in [1.29, 1.82) is 0 Å². The molecule has 0 aliphatic rings. The Kier molecular flexibility index (Phi) is 3.98. The topological polar surface area (TPSA) is 21.3 Å². The lowest BCUT2D eigenvalue weighted by Gasteiger charge is -2.12. The molecule has 0 atom stereocenters. The molecule has 3 aromatic carbocycles. The van der Waals surface area contributed by atoms with Gasteiger partial charge in [0.1, 0.15) is 5.75 Å². The summed E-state index contributed by atoms with van der Waals surface area (Å²) in [4.78, 5) is 0. The van der Waals surface area contributed by atoms with Gasteiger partial charge in [-0.1, -0.05) is 54.1 Å². The Labute approximate surface area is 129 Å². The summed E-state index contributed by atoms with van der Waals surface area (Å²) in [6.07, 6.45) is 0. The van der Waals surface area contributed by atoms with E-state index in [2.05, 4.69) is 23.5 Å². The molecular formula is C18H16ClNO. The molecule has 0 amide bonds. The molecule has 3 aromatic rings. The van der Waals surface area contributed by atoms with Crippen LogP contribution in [0.15, 0.2) is 60.7 Å². The summed E-state index contributed by atoms with van der Waals surface area (Å²) in [6.45, 7) is 0.717. The fourth-order valence-electron chi connectivity index (χ4n) is 2.46. The number of para-hydroxylation sites is 1. The minimum absolute atomic E-state index is 0.717. The fourth-order valence-corrected chi connectivity index (χ4v) is 2.66. The minimum Gasteiger partial charge on any atom is -0.496 e. The second kappa shape index (κ2) is 6.06. The van der Waals surface area contributed by atoms with Crippen molar-refractivity contribution in [2.45, 2.75) is 6.54 Å². The maximum Gasteiger partial charge on any atom is 0.126 e. The second-order valence-electron chi connectivity index (χ2n) is 4.81. The van der Waals surface area contributed by atoms with Crippen LogP contribution in [0.4, 0.5) is 5.69 Å². The molecule has 0 aromatic heterocycles. The standard InChI is InChI=1S/C18H16ClNO/c1-21-18-11-10-13(14-6-2-3-7-15(14)18)12-20-17-9-5-4-8-16(17)19/h2-11,20H,12H2,1H3. The highest BCUT2D eigenvalue weighted by Gasteiger charge is 2.06. The van der Waals surface area contributed by atoms with Gasteiger partial charge < -0.3 is 10.1 Å². The molecule has 0 spiro atoms. The van der Waals surface area contributed by atoms with Gasteiger partial charge in [-0.05, 0) is 29.1 Å². The lowest BCUT2D eigenvalue weighted by molar-refractivity contribution is 0.419. The van der Waals surface area contributed by atoms with Crippen LogP contribution in [-0.4, -0.2) is 7.11 Å². The highest BCUT2D eigenvalue weighted by Crippen LogP contribution is 2.29. The predicted octanol–water partition coefficient (Wildman–Crippen LogP) is 5.11. The van der Waals surface area contributed by atoms with Gasteiger partial charge in [-0.2, -0.15) is 0 Å². The number of benzene rings is 3. The maximum atomic E-state index is 6.17. The molecule has 0 aliphatic carbocycles. The molecule has 1 N–H and O–H groups in total. The Morgan fingerprint density at radius 3 is 2.38 bits per heavy atom. The van der Waals surface area contributed by atoms with E-state index in [-0.39, 0.29) is 0 Å². The molecule has 0 radical (unpaired) electrons. The molecule has 2 nitrogen and oxygen atoms in total. The summed E-state index contributed by atoms with van der Waals surface area (Å²) >= 11 is 6.17. The van der Waals surface area contributed by atoms with Gasteiger partial charge >= 0.3 is 0 Å². The summed E-state index contributed by atoms with van der Waals surface area (Å²) < 4.78 is 5.42. The van der Waals surface area contributed by atoms with Crippen LogP contribution in [0, 0.1) is 0 Å². The molecule has 0 fully saturated rings. The molecule has 0 bridgehead atoms. The number of methoxy groups -OCH3 is 1. The van der Waals surface area contributed by atoms with E-state index in [9.17, 15) is 0 Å². The van der Waals surface area contributed by atoms with E-state index in [0.717, 1.165) is 21.8 Å². The van der Waals surface area contributed by atoms with Crippen LogP contribution in [0.2, 0.25) is 5.02 Å². The lowest BCUT2D eigenvalue weighted by Crippen LogP contribution is -2.01. The molecule has 106 valence electrons. The van der Waals surface area contributed by atoms with Crippen molar-refractivity contribution in [2.24, 2.45) is 0 Å². The Morgan fingerprint density at radius 2 is 1.62 bits per heavy atom. The summed E-state index contributed by atoms with van der Waals surface area (Å²) in [5.41, 5.74) is 2.16. The highest BCUT2D eigenvalue weighted by atomic mass is 35.5. The summed E-state index contributed by atoms with van der Waals surface area (Å²) in [6, 6.07) is 20.1.